The number of aromatic nitrogens is 2. The van der Waals surface area contributed by atoms with E-state index in [9.17, 15) is 4.79 Å². The van der Waals surface area contributed by atoms with Crippen LogP contribution in [0.4, 0.5) is 5.69 Å². The van der Waals surface area contributed by atoms with Crippen LogP contribution in [0.5, 0.6) is 0 Å². The van der Waals surface area contributed by atoms with E-state index in [1.165, 1.54) is 4.68 Å². The van der Waals surface area contributed by atoms with Gasteiger partial charge in [-0.3, -0.25) is 4.79 Å². The molecular formula is C13H20BrN3O2. The number of aliphatic hydroxyl groups is 1. The molecule has 1 fully saturated rings. The summed E-state index contributed by atoms with van der Waals surface area (Å²) in [6, 6.07) is 0. The molecule has 0 aliphatic heterocycles. The van der Waals surface area contributed by atoms with Gasteiger partial charge >= 0.3 is 0 Å². The first kappa shape index (κ1) is 14.5. The third kappa shape index (κ3) is 3.36. The lowest BCUT2D eigenvalue weighted by molar-refractivity contribution is 0.253. The molecule has 1 aliphatic carbocycles. The van der Waals surface area contributed by atoms with Gasteiger partial charge in [-0.1, -0.05) is 6.92 Å². The van der Waals surface area contributed by atoms with Gasteiger partial charge < -0.3 is 10.4 Å². The van der Waals surface area contributed by atoms with Crippen molar-refractivity contribution in [2.24, 2.45) is 5.41 Å². The summed E-state index contributed by atoms with van der Waals surface area (Å²) in [5, 5.41) is 16.5. The summed E-state index contributed by atoms with van der Waals surface area (Å²) in [7, 11) is 0. The maximum Gasteiger partial charge on any atom is 0.283 e. The number of halogens is 1. The quantitative estimate of drug-likeness (QED) is 0.802. The van der Waals surface area contributed by atoms with Crippen LogP contribution in [0.25, 0.3) is 0 Å². The van der Waals surface area contributed by atoms with Crippen LogP contribution >= 0.6 is 15.9 Å². The Kier molecular flexibility index (Phi) is 4.62. The Bertz CT molecular complexity index is 497. The lowest BCUT2D eigenvalue weighted by Gasteiger charge is -2.16. The van der Waals surface area contributed by atoms with Crippen LogP contribution in [-0.2, 0) is 6.54 Å². The van der Waals surface area contributed by atoms with Crippen molar-refractivity contribution in [1.82, 2.24) is 9.78 Å². The van der Waals surface area contributed by atoms with E-state index in [0.717, 1.165) is 37.9 Å². The normalized spacial score (nSPS) is 16.4. The van der Waals surface area contributed by atoms with Gasteiger partial charge in [-0.15, -0.1) is 0 Å². The molecule has 0 amide bonds. The molecule has 0 bridgehead atoms. The number of aliphatic hydroxyl groups excluding tert-OH is 1. The van der Waals surface area contributed by atoms with E-state index < -0.39 is 0 Å². The molecule has 19 heavy (non-hydrogen) atoms. The molecule has 2 N–H and O–H groups in total. The zero-order chi connectivity index (χ0) is 13.9. The first-order chi connectivity index (χ1) is 9.12. The number of rotatable bonds is 7. The van der Waals surface area contributed by atoms with E-state index in [4.69, 9.17) is 5.11 Å². The highest BCUT2D eigenvalue weighted by atomic mass is 79.9. The molecule has 0 radical (unpaired) electrons. The minimum atomic E-state index is -0.0983. The summed E-state index contributed by atoms with van der Waals surface area (Å²) in [6.07, 6.45) is 5.66. The highest BCUT2D eigenvalue weighted by molar-refractivity contribution is 9.10. The van der Waals surface area contributed by atoms with Gasteiger partial charge in [0.1, 0.15) is 4.47 Å². The fourth-order valence-electron chi connectivity index (χ4n) is 2.17. The van der Waals surface area contributed by atoms with E-state index in [1.807, 2.05) is 6.92 Å². The average Bonchev–Trinajstić information content (AvgIpc) is 3.15. The van der Waals surface area contributed by atoms with Gasteiger partial charge in [0.2, 0.25) is 0 Å². The zero-order valence-corrected chi connectivity index (χ0v) is 12.7. The predicted molar refractivity (Wildman–Crippen MR) is 78.3 cm³/mol. The summed E-state index contributed by atoms with van der Waals surface area (Å²) in [4.78, 5) is 12.0. The van der Waals surface area contributed by atoms with Gasteiger partial charge in [0.25, 0.3) is 5.56 Å². The molecule has 1 heterocycles. The van der Waals surface area contributed by atoms with E-state index in [-0.39, 0.29) is 17.6 Å². The van der Waals surface area contributed by atoms with E-state index in [1.54, 1.807) is 6.20 Å². The summed E-state index contributed by atoms with van der Waals surface area (Å²) >= 11 is 3.34. The summed E-state index contributed by atoms with van der Waals surface area (Å²) in [6.45, 7) is 3.65. The highest BCUT2D eigenvalue weighted by Crippen LogP contribution is 2.48. The molecule has 0 saturated heterocycles. The second-order valence-corrected chi connectivity index (χ2v) is 6.02. The highest BCUT2D eigenvalue weighted by Gasteiger charge is 2.41. The molecule has 1 aromatic heterocycles. The first-order valence-electron chi connectivity index (χ1n) is 6.72. The molecule has 1 saturated carbocycles. The summed E-state index contributed by atoms with van der Waals surface area (Å²) in [5.74, 6) is 0. The third-order valence-corrected chi connectivity index (χ3v) is 4.44. The lowest BCUT2D eigenvalue weighted by Crippen LogP contribution is -2.25. The molecule has 0 aromatic carbocycles. The van der Waals surface area contributed by atoms with Crippen molar-refractivity contribution in [2.45, 2.75) is 39.2 Å². The Morgan fingerprint density at radius 1 is 1.58 bits per heavy atom. The van der Waals surface area contributed by atoms with E-state index in [0.29, 0.717) is 11.0 Å². The molecule has 0 unspecified atom stereocenters. The predicted octanol–water partition coefficient (Wildman–Crippen LogP) is 1.99. The summed E-state index contributed by atoms with van der Waals surface area (Å²) in [5.41, 5.74) is 0.854. The van der Waals surface area contributed by atoms with E-state index in [2.05, 4.69) is 26.3 Å². The molecule has 2 rings (SSSR count). The average molecular weight is 330 g/mol. The second-order valence-electron chi connectivity index (χ2n) is 5.23. The fraction of sp³-hybridized carbons (Fsp3) is 0.692. The van der Waals surface area contributed by atoms with Crippen LogP contribution in [0.1, 0.15) is 32.6 Å². The standard InChI is InChI=1S/C13H20BrN3O2/c1-2-6-17-12(19)11(14)10(8-16-17)15-9-13(3-4-13)5-7-18/h8,15,18H,2-7,9H2,1H3. The molecule has 6 heteroatoms. The Labute approximate surface area is 121 Å². The van der Waals surface area contributed by atoms with Gasteiger partial charge in [0.15, 0.2) is 0 Å². The molecule has 1 aliphatic rings. The third-order valence-electron chi connectivity index (χ3n) is 3.67. The SMILES string of the molecule is CCCn1ncc(NCC2(CCO)CC2)c(Br)c1=O. The lowest BCUT2D eigenvalue weighted by atomic mass is 10.0. The Morgan fingerprint density at radius 2 is 2.32 bits per heavy atom. The molecule has 1 aromatic rings. The number of hydrogen-bond donors (Lipinski definition) is 2. The maximum atomic E-state index is 12.0. The first-order valence-corrected chi connectivity index (χ1v) is 7.51. The minimum Gasteiger partial charge on any atom is -0.396 e. The molecule has 0 atom stereocenters. The van der Waals surface area contributed by atoms with Crippen LogP contribution in [0.2, 0.25) is 0 Å². The van der Waals surface area contributed by atoms with Crippen molar-refractivity contribution in [1.29, 1.82) is 0 Å². The topological polar surface area (TPSA) is 67.2 Å². The monoisotopic (exact) mass is 329 g/mol. The van der Waals surface area contributed by atoms with Gasteiger partial charge in [-0.25, -0.2) is 4.68 Å². The fourth-order valence-corrected chi connectivity index (χ4v) is 2.62. The van der Waals surface area contributed by atoms with Gasteiger partial charge in [0, 0.05) is 19.7 Å². The van der Waals surface area contributed by atoms with Crippen molar-refractivity contribution in [3.05, 3.63) is 21.0 Å². The zero-order valence-electron chi connectivity index (χ0n) is 11.2. The van der Waals surface area contributed by atoms with Gasteiger partial charge in [0.05, 0.1) is 11.9 Å². The number of nitrogens with zero attached hydrogens (tertiary/aromatic N) is 2. The number of anilines is 1. The Morgan fingerprint density at radius 3 is 2.89 bits per heavy atom. The van der Waals surface area contributed by atoms with Crippen LogP contribution in [-0.4, -0.2) is 28.0 Å². The van der Waals surface area contributed by atoms with Crippen molar-refractivity contribution in [2.75, 3.05) is 18.5 Å². The van der Waals surface area contributed by atoms with Crippen molar-refractivity contribution in [3.8, 4) is 0 Å². The smallest absolute Gasteiger partial charge is 0.283 e. The van der Waals surface area contributed by atoms with E-state index >= 15 is 0 Å². The Hall–Kier alpha value is -0.880. The minimum absolute atomic E-state index is 0.0983. The van der Waals surface area contributed by atoms with Crippen LogP contribution in [0.15, 0.2) is 15.5 Å². The number of nitrogens with one attached hydrogen (secondary N) is 1. The van der Waals surface area contributed by atoms with Gasteiger partial charge in [-0.2, -0.15) is 5.10 Å². The van der Waals surface area contributed by atoms with Crippen LogP contribution in [0.3, 0.4) is 0 Å². The number of hydrogen-bond acceptors (Lipinski definition) is 4. The van der Waals surface area contributed by atoms with Crippen molar-refractivity contribution >= 4 is 21.6 Å². The largest absolute Gasteiger partial charge is 0.396 e. The number of aryl methyl sites for hydroxylation is 1. The van der Waals surface area contributed by atoms with Crippen molar-refractivity contribution < 1.29 is 5.11 Å². The van der Waals surface area contributed by atoms with Gasteiger partial charge in [-0.05, 0) is 47.0 Å². The Balaban J connectivity index is 2.05. The molecular weight excluding hydrogens is 310 g/mol. The van der Waals surface area contributed by atoms with Crippen LogP contribution in [0, 0.1) is 5.41 Å². The second kappa shape index (κ2) is 6.05. The summed E-state index contributed by atoms with van der Waals surface area (Å²) < 4.78 is 2.01. The molecule has 0 spiro atoms. The molecule has 5 nitrogen and oxygen atoms in total. The maximum absolute atomic E-state index is 12.0. The molecule has 106 valence electrons. The van der Waals surface area contributed by atoms with Crippen LogP contribution < -0.4 is 10.9 Å². The van der Waals surface area contributed by atoms with Crippen molar-refractivity contribution in [3.63, 3.8) is 0 Å².